The van der Waals surface area contributed by atoms with E-state index in [-0.39, 0.29) is 5.41 Å². The summed E-state index contributed by atoms with van der Waals surface area (Å²) in [6.07, 6.45) is 2.58. The Morgan fingerprint density at radius 3 is 2.63 bits per heavy atom. The minimum Gasteiger partial charge on any atom is -0.0619 e. The zero-order valence-electron chi connectivity index (χ0n) is 12.0. The van der Waals surface area contributed by atoms with Gasteiger partial charge >= 0.3 is 0 Å². The highest BCUT2D eigenvalue weighted by atomic mass is 14.4. The normalized spacial score (nSPS) is 21.9. The first-order chi connectivity index (χ1) is 9.09. The zero-order valence-corrected chi connectivity index (χ0v) is 12.0. The van der Waals surface area contributed by atoms with Crippen LogP contribution in [0.25, 0.3) is 11.1 Å². The molecule has 19 heavy (non-hydrogen) atoms. The number of rotatable bonds is 0. The van der Waals surface area contributed by atoms with Crippen LogP contribution in [0, 0.1) is 0 Å². The SMILES string of the molecule is CC1CCc2cc3c(cc21)C(C)(C)c1ccccc1-3. The van der Waals surface area contributed by atoms with Crippen molar-refractivity contribution in [3.8, 4) is 11.1 Å². The minimum atomic E-state index is 0.156. The van der Waals surface area contributed by atoms with E-state index in [2.05, 4.69) is 57.2 Å². The summed E-state index contributed by atoms with van der Waals surface area (Å²) in [5.74, 6) is 0.736. The maximum Gasteiger partial charge on any atom is 0.0158 e. The van der Waals surface area contributed by atoms with Gasteiger partial charge in [-0.1, -0.05) is 57.2 Å². The van der Waals surface area contributed by atoms with Gasteiger partial charge in [0.1, 0.15) is 0 Å². The summed E-state index contributed by atoms with van der Waals surface area (Å²) in [6, 6.07) is 13.9. The molecular weight excluding hydrogens is 228 g/mol. The molecule has 4 rings (SSSR count). The number of fused-ring (bicyclic) bond motifs is 4. The van der Waals surface area contributed by atoms with Crippen molar-refractivity contribution >= 4 is 0 Å². The number of hydrogen-bond donors (Lipinski definition) is 0. The highest BCUT2D eigenvalue weighted by Crippen LogP contribution is 2.51. The van der Waals surface area contributed by atoms with Gasteiger partial charge in [-0.2, -0.15) is 0 Å². The lowest BCUT2D eigenvalue weighted by Crippen LogP contribution is -2.15. The lowest BCUT2D eigenvalue weighted by molar-refractivity contribution is 0.657. The first kappa shape index (κ1) is 11.3. The summed E-state index contributed by atoms with van der Waals surface area (Å²) in [5, 5.41) is 0. The van der Waals surface area contributed by atoms with Gasteiger partial charge in [0, 0.05) is 5.41 Å². The Labute approximate surface area is 115 Å². The highest BCUT2D eigenvalue weighted by Gasteiger charge is 2.36. The summed E-state index contributed by atoms with van der Waals surface area (Å²) in [7, 11) is 0. The fourth-order valence-electron chi connectivity index (χ4n) is 4.01. The smallest absolute Gasteiger partial charge is 0.0158 e. The van der Waals surface area contributed by atoms with E-state index in [1.54, 1.807) is 11.1 Å². The summed E-state index contributed by atoms with van der Waals surface area (Å²) in [6.45, 7) is 7.10. The zero-order chi connectivity index (χ0) is 13.2. The van der Waals surface area contributed by atoms with E-state index in [4.69, 9.17) is 0 Å². The lowest BCUT2D eigenvalue weighted by atomic mass is 9.81. The van der Waals surface area contributed by atoms with Gasteiger partial charge in [0.05, 0.1) is 0 Å². The molecular formula is C19H20. The summed E-state index contributed by atoms with van der Waals surface area (Å²) in [4.78, 5) is 0. The molecule has 0 saturated heterocycles. The van der Waals surface area contributed by atoms with Crippen LogP contribution in [0.3, 0.4) is 0 Å². The first-order valence-corrected chi connectivity index (χ1v) is 7.36. The van der Waals surface area contributed by atoms with Crippen molar-refractivity contribution < 1.29 is 0 Å². The van der Waals surface area contributed by atoms with Crippen molar-refractivity contribution in [2.75, 3.05) is 0 Å². The molecule has 0 amide bonds. The quantitative estimate of drug-likeness (QED) is 0.612. The highest BCUT2D eigenvalue weighted by molar-refractivity contribution is 5.81. The number of hydrogen-bond acceptors (Lipinski definition) is 0. The summed E-state index contributed by atoms with van der Waals surface area (Å²) in [5.41, 5.74) is 9.28. The average Bonchev–Trinajstić information content (AvgIpc) is 2.88. The van der Waals surface area contributed by atoms with Gasteiger partial charge in [-0.25, -0.2) is 0 Å². The first-order valence-electron chi connectivity index (χ1n) is 7.36. The molecule has 0 radical (unpaired) electrons. The fourth-order valence-corrected chi connectivity index (χ4v) is 4.01. The van der Waals surface area contributed by atoms with Gasteiger partial charge in [-0.15, -0.1) is 0 Å². The monoisotopic (exact) mass is 248 g/mol. The topological polar surface area (TPSA) is 0 Å². The molecule has 0 aliphatic heterocycles. The summed E-state index contributed by atoms with van der Waals surface area (Å²) >= 11 is 0. The molecule has 1 unspecified atom stereocenters. The van der Waals surface area contributed by atoms with Crippen molar-refractivity contribution in [2.45, 2.75) is 44.9 Å². The van der Waals surface area contributed by atoms with Gasteiger partial charge in [0.2, 0.25) is 0 Å². The molecule has 2 aliphatic rings. The van der Waals surface area contributed by atoms with Crippen LogP contribution in [0.5, 0.6) is 0 Å². The molecule has 0 spiro atoms. The lowest BCUT2D eigenvalue weighted by Gasteiger charge is -2.22. The molecule has 0 N–H and O–H groups in total. The second-order valence-corrected chi connectivity index (χ2v) is 6.71. The average molecular weight is 248 g/mol. The van der Waals surface area contributed by atoms with Crippen LogP contribution >= 0.6 is 0 Å². The van der Waals surface area contributed by atoms with Crippen LogP contribution in [-0.4, -0.2) is 0 Å². The van der Waals surface area contributed by atoms with E-state index in [9.17, 15) is 0 Å². The Bertz CT molecular complexity index is 676. The second kappa shape index (κ2) is 3.50. The van der Waals surface area contributed by atoms with Crippen molar-refractivity contribution in [1.29, 1.82) is 0 Å². The van der Waals surface area contributed by atoms with E-state index in [0.29, 0.717) is 0 Å². The molecule has 0 heteroatoms. The van der Waals surface area contributed by atoms with Crippen molar-refractivity contribution in [3.63, 3.8) is 0 Å². The van der Waals surface area contributed by atoms with Crippen LogP contribution in [-0.2, 0) is 11.8 Å². The largest absolute Gasteiger partial charge is 0.0619 e. The molecule has 0 fully saturated rings. The molecule has 0 aromatic heterocycles. The van der Waals surface area contributed by atoms with E-state index >= 15 is 0 Å². The van der Waals surface area contributed by atoms with E-state index < -0.39 is 0 Å². The van der Waals surface area contributed by atoms with Gasteiger partial charge in [0.15, 0.2) is 0 Å². The third-order valence-corrected chi connectivity index (χ3v) is 5.22. The fraction of sp³-hybridized carbons (Fsp3) is 0.368. The number of benzene rings is 2. The molecule has 2 aromatic rings. The molecule has 0 nitrogen and oxygen atoms in total. The molecule has 1 atom stereocenters. The van der Waals surface area contributed by atoms with Crippen LogP contribution in [0.1, 0.15) is 55.4 Å². The standard InChI is InChI=1S/C19H20/c1-12-8-9-13-10-16-14-6-4-5-7-17(14)19(2,3)18(16)11-15(12)13/h4-7,10-12H,8-9H2,1-3H3. The molecule has 2 aliphatic carbocycles. The van der Waals surface area contributed by atoms with E-state index in [1.807, 2.05) is 0 Å². The van der Waals surface area contributed by atoms with Crippen molar-refractivity contribution in [3.05, 3.63) is 58.7 Å². The minimum absolute atomic E-state index is 0.156. The van der Waals surface area contributed by atoms with Crippen LogP contribution in [0.15, 0.2) is 36.4 Å². The Balaban J connectivity index is 2.05. The van der Waals surface area contributed by atoms with Gasteiger partial charge in [0.25, 0.3) is 0 Å². The maximum atomic E-state index is 2.50. The maximum absolute atomic E-state index is 2.50. The Hall–Kier alpha value is -1.56. The predicted molar refractivity (Wildman–Crippen MR) is 80.7 cm³/mol. The predicted octanol–water partition coefficient (Wildman–Crippen LogP) is 5.04. The second-order valence-electron chi connectivity index (χ2n) is 6.71. The van der Waals surface area contributed by atoms with Gasteiger partial charge < -0.3 is 0 Å². The third-order valence-electron chi connectivity index (χ3n) is 5.22. The van der Waals surface area contributed by atoms with E-state index in [0.717, 1.165) is 5.92 Å². The Kier molecular flexibility index (Phi) is 2.08. The molecule has 0 heterocycles. The Morgan fingerprint density at radius 1 is 1.00 bits per heavy atom. The van der Waals surface area contributed by atoms with Gasteiger partial charge in [-0.3, -0.25) is 0 Å². The van der Waals surface area contributed by atoms with Crippen molar-refractivity contribution in [2.24, 2.45) is 0 Å². The molecule has 2 aromatic carbocycles. The van der Waals surface area contributed by atoms with Crippen LogP contribution in [0.4, 0.5) is 0 Å². The van der Waals surface area contributed by atoms with Crippen molar-refractivity contribution in [1.82, 2.24) is 0 Å². The number of aryl methyl sites for hydroxylation is 1. The van der Waals surface area contributed by atoms with Gasteiger partial charge in [-0.05, 0) is 52.1 Å². The Morgan fingerprint density at radius 2 is 1.79 bits per heavy atom. The van der Waals surface area contributed by atoms with E-state index in [1.165, 1.54) is 35.1 Å². The molecule has 0 bridgehead atoms. The summed E-state index contributed by atoms with van der Waals surface area (Å²) < 4.78 is 0. The van der Waals surface area contributed by atoms with Crippen LogP contribution in [0.2, 0.25) is 0 Å². The molecule has 0 saturated carbocycles. The third kappa shape index (κ3) is 1.35. The van der Waals surface area contributed by atoms with Crippen LogP contribution < -0.4 is 0 Å². The molecule has 96 valence electrons.